The summed E-state index contributed by atoms with van der Waals surface area (Å²) in [6.07, 6.45) is -7.69. The molecule has 0 atom stereocenters. The van der Waals surface area contributed by atoms with E-state index < -0.39 is 34.0 Å². The van der Waals surface area contributed by atoms with Crippen LogP contribution in [0.2, 0.25) is 0 Å². The zero-order valence-corrected chi connectivity index (χ0v) is 4.97. The largest absolute Gasteiger partial charge is 0.790 e. The Bertz CT molecular complexity index is 356. The highest BCUT2D eigenvalue weighted by Crippen LogP contribution is 2.24. The molecular weight excluding hydrogens is 143 g/mol. The van der Waals surface area contributed by atoms with Crippen LogP contribution in [-0.4, -0.2) is 6.56 Å². The van der Waals surface area contributed by atoms with Crippen LogP contribution in [-0.2, 0) is 9.09 Å². The van der Waals surface area contributed by atoms with E-state index in [0.717, 1.165) is 0 Å². The molecule has 0 fully saturated rings. The fourth-order valence-corrected chi connectivity index (χ4v) is 0.262. The molecule has 0 bridgehead atoms. The Morgan fingerprint density at radius 1 is 1.89 bits per heavy atom. The third kappa shape index (κ3) is 8.11. The van der Waals surface area contributed by atoms with Gasteiger partial charge in [-0.2, -0.15) is 0 Å². The molecule has 0 rings (SSSR count). The van der Waals surface area contributed by atoms with Gasteiger partial charge in [-0.05, 0) is 6.37 Å². The Hall–Kier alpha value is 0.110. The summed E-state index contributed by atoms with van der Waals surface area (Å²) in [4.78, 5) is 20.5. The molecule has 0 aromatic rings. The van der Waals surface area contributed by atoms with Crippen LogP contribution < -0.4 is 9.79 Å². The summed E-state index contributed by atoms with van der Waals surface area (Å²) in [5.74, 6) is 0. The first-order chi connectivity index (χ1) is 7.46. The van der Waals surface area contributed by atoms with E-state index in [4.69, 9.17) is 12.3 Å². The van der Waals surface area contributed by atoms with Crippen LogP contribution >= 0.6 is 7.82 Å². The molecule has 0 aromatic heterocycles. The zero-order chi connectivity index (χ0) is 15.2. The second-order valence-electron chi connectivity index (χ2n) is 0.891. The van der Waals surface area contributed by atoms with E-state index in [1.165, 1.54) is 0 Å². The molecule has 9 heavy (non-hydrogen) atoms. The van der Waals surface area contributed by atoms with Gasteiger partial charge in [0.25, 0.3) is 0 Å². The Kier molecular flexibility index (Phi) is 0.912. The van der Waals surface area contributed by atoms with Gasteiger partial charge < -0.3 is 18.9 Å². The smallest absolute Gasteiger partial charge is 0.0596 e. The Morgan fingerprint density at radius 2 is 2.56 bits per heavy atom. The minimum Gasteiger partial charge on any atom is -0.790 e. The fourth-order valence-electron chi connectivity index (χ4n) is 0.104. The fraction of sp³-hybridized carbons (Fsp3) is 1.00. The molecule has 0 aromatic carbocycles. The Balaban J connectivity index is 5.57. The molecule has 0 saturated carbocycles. The van der Waals surface area contributed by atoms with Crippen molar-refractivity contribution in [2.24, 2.45) is 0 Å². The van der Waals surface area contributed by atoms with E-state index in [1.54, 1.807) is 0 Å². The average molecular weight is 161 g/mol. The predicted molar refractivity (Wildman–Crippen MR) is 28.5 cm³/mol. The van der Waals surface area contributed by atoms with Crippen LogP contribution in [0.1, 0.15) is 31.9 Å². The lowest BCUT2D eigenvalue weighted by Gasteiger charge is -2.28. The molecule has 0 aliphatic rings. The third-order valence-corrected chi connectivity index (χ3v) is 0.586. The van der Waals surface area contributed by atoms with Crippen molar-refractivity contribution in [1.29, 1.82) is 0 Å². The first kappa shape index (κ1) is 2.05. The monoisotopic (exact) mass is 161 g/mol. The third-order valence-electron chi connectivity index (χ3n) is 0.271. The zero-order valence-electron chi connectivity index (χ0n) is 13.1. The summed E-state index contributed by atoms with van der Waals surface area (Å²) in [6.45, 7) is -7.56. The van der Waals surface area contributed by atoms with Crippen LogP contribution in [0.5, 0.6) is 0 Å². The standard InChI is InChI=1S/C4H11O4P/c1-2-3-4-8-9(5,6)7/h2-4H2,1H3,(H2,5,6,7)/p-2/i1D3,2D2,3D2,4D2. The Labute approximate surface area is 66.7 Å². The molecule has 0 amide bonds. The summed E-state index contributed by atoms with van der Waals surface area (Å²) >= 11 is 0. The SMILES string of the molecule is [2H]C([2H])([2H])C([2H])([2H])C([2H])([2H])C([2H])([2H])OP(=O)([O-])[O-]. The maximum atomic E-state index is 10.3. The lowest BCUT2D eigenvalue weighted by Crippen LogP contribution is -2.16. The molecule has 0 aliphatic carbocycles. The van der Waals surface area contributed by atoms with Gasteiger partial charge in [0.05, 0.1) is 17.1 Å². The topological polar surface area (TPSA) is 72.4 Å². The van der Waals surface area contributed by atoms with Crippen molar-refractivity contribution in [2.75, 3.05) is 6.56 Å². The Morgan fingerprint density at radius 3 is 3.00 bits per heavy atom. The average Bonchev–Trinajstić information content (AvgIpc) is 1.95. The van der Waals surface area contributed by atoms with Gasteiger partial charge in [-0.15, -0.1) is 0 Å². The van der Waals surface area contributed by atoms with Crippen molar-refractivity contribution < 1.29 is 31.2 Å². The highest BCUT2D eigenvalue weighted by molar-refractivity contribution is 7.43. The van der Waals surface area contributed by atoms with Crippen LogP contribution in [0.3, 0.4) is 0 Å². The van der Waals surface area contributed by atoms with Crippen LogP contribution in [0.15, 0.2) is 0 Å². The quantitative estimate of drug-likeness (QED) is 0.527. The van der Waals surface area contributed by atoms with Gasteiger partial charge in [0.2, 0.25) is 0 Å². The summed E-state index contributed by atoms with van der Waals surface area (Å²) in [5, 5.41) is 0. The number of hydrogen-bond donors (Lipinski definition) is 0. The van der Waals surface area contributed by atoms with E-state index >= 15 is 0 Å². The van der Waals surface area contributed by atoms with Crippen molar-refractivity contribution in [2.45, 2.75) is 19.6 Å². The van der Waals surface area contributed by atoms with Gasteiger partial charge in [-0.3, -0.25) is 0 Å². The second kappa shape index (κ2) is 4.01. The van der Waals surface area contributed by atoms with E-state index in [2.05, 4.69) is 4.52 Å². The highest BCUT2D eigenvalue weighted by atomic mass is 31.2. The van der Waals surface area contributed by atoms with Crippen molar-refractivity contribution in [3.8, 4) is 0 Å². The molecule has 0 aliphatic heterocycles. The van der Waals surface area contributed by atoms with E-state index in [1.807, 2.05) is 0 Å². The van der Waals surface area contributed by atoms with E-state index in [9.17, 15) is 14.4 Å². The van der Waals surface area contributed by atoms with Crippen molar-refractivity contribution >= 4 is 7.82 Å². The molecule has 0 heterocycles. The first-order valence-corrected chi connectivity index (χ1v) is 3.15. The first-order valence-electron chi connectivity index (χ1n) is 6.18. The van der Waals surface area contributed by atoms with Crippen molar-refractivity contribution in [1.82, 2.24) is 0 Å². The van der Waals surface area contributed by atoms with Gasteiger partial charge in [0.15, 0.2) is 0 Å². The number of hydrogen-bond acceptors (Lipinski definition) is 4. The van der Waals surface area contributed by atoms with Crippen LogP contribution in [0.4, 0.5) is 0 Å². The minimum atomic E-state index is -5.97. The maximum absolute atomic E-state index is 10.3. The minimum absolute atomic E-state index is 3.28. The summed E-state index contributed by atoms with van der Waals surface area (Å²) < 4.78 is 76.0. The predicted octanol–water partition coefficient (Wildman–Crippen LogP) is -0.368. The molecule has 0 spiro atoms. The summed E-state index contributed by atoms with van der Waals surface area (Å²) in [5.41, 5.74) is 0. The molecule has 0 N–H and O–H groups in total. The summed E-state index contributed by atoms with van der Waals surface area (Å²) in [6, 6.07) is 0. The maximum Gasteiger partial charge on any atom is 0.0596 e. The number of phosphoric acid groups is 1. The van der Waals surface area contributed by atoms with Gasteiger partial charge in [-0.1, -0.05) is 13.2 Å². The number of phosphoric ester groups is 1. The van der Waals surface area contributed by atoms with Gasteiger partial charge in [-0.25, -0.2) is 0 Å². The molecule has 0 radical (unpaired) electrons. The second-order valence-corrected chi connectivity index (χ2v) is 1.97. The van der Waals surface area contributed by atoms with Crippen molar-refractivity contribution in [3.05, 3.63) is 0 Å². The van der Waals surface area contributed by atoms with Gasteiger partial charge >= 0.3 is 0 Å². The lowest BCUT2D eigenvalue weighted by molar-refractivity contribution is -0.341. The van der Waals surface area contributed by atoms with Crippen molar-refractivity contribution in [3.63, 3.8) is 0 Å². The molecule has 0 unspecified atom stereocenters. The molecule has 5 heteroatoms. The van der Waals surface area contributed by atoms with Gasteiger partial charge in [0, 0.05) is 9.60 Å². The lowest BCUT2D eigenvalue weighted by atomic mass is 10.4. The molecule has 4 nitrogen and oxygen atoms in total. The van der Waals surface area contributed by atoms with Crippen LogP contribution in [0, 0.1) is 0 Å². The molecule has 0 saturated heterocycles. The van der Waals surface area contributed by atoms with E-state index in [-0.39, 0.29) is 0 Å². The van der Waals surface area contributed by atoms with Gasteiger partial charge in [0.1, 0.15) is 0 Å². The summed E-state index contributed by atoms with van der Waals surface area (Å²) in [7, 11) is -5.97. The van der Waals surface area contributed by atoms with Crippen LogP contribution in [0.25, 0.3) is 0 Å². The molecule has 56 valence electrons. The van der Waals surface area contributed by atoms with E-state index in [0.29, 0.717) is 0 Å². The normalized spacial score (nSPS) is 32.9. The highest BCUT2D eigenvalue weighted by Gasteiger charge is 1.88. The number of rotatable bonds is 4. The molecular formula is C4H9O4P-2.